The third kappa shape index (κ3) is 3.77. The first kappa shape index (κ1) is 20.4. The lowest BCUT2D eigenvalue weighted by Crippen LogP contribution is -2.44. The molecule has 1 aromatic carbocycles. The molecule has 0 radical (unpaired) electrons. The molecule has 2 atom stereocenters. The fourth-order valence-electron chi connectivity index (χ4n) is 4.44. The van der Waals surface area contributed by atoms with E-state index in [4.69, 9.17) is 16.1 Å². The van der Waals surface area contributed by atoms with Crippen LogP contribution in [-0.4, -0.2) is 54.3 Å². The molecule has 1 aliphatic rings. The quantitative estimate of drug-likeness (QED) is 0.463. The highest BCUT2D eigenvalue weighted by Crippen LogP contribution is 2.20. The highest BCUT2D eigenvalue weighted by atomic mass is 16.5. The summed E-state index contributed by atoms with van der Waals surface area (Å²) in [5, 5.41) is 4.95. The molecule has 8 nitrogen and oxygen atoms in total. The molecule has 1 aliphatic heterocycles. The molecule has 4 heterocycles. The van der Waals surface area contributed by atoms with Gasteiger partial charge in [-0.25, -0.2) is 14.8 Å². The molecule has 0 saturated carbocycles. The van der Waals surface area contributed by atoms with Crippen molar-refractivity contribution >= 4 is 16.7 Å². The van der Waals surface area contributed by atoms with Gasteiger partial charge in [0.2, 0.25) is 0 Å². The second-order valence-corrected chi connectivity index (χ2v) is 8.37. The van der Waals surface area contributed by atoms with Gasteiger partial charge in [-0.3, -0.25) is 9.47 Å². The molecule has 0 bridgehead atoms. The van der Waals surface area contributed by atoms with Crippen molar-refractivity contribution in [1.82, 2.24) is 29.0 Å². The Hall–Kier alpha value is -3.54. The van der Waals surface area contributed by atoms with E-state index in [9.17, 15) is 4.79 Å². The van der Waals surface area contributed by atoms with Crippen LogP contribution in [0.5, 0.6) is 0 Å². The maximum Gasteiger partial charge on any atom is 0.352 e. The molecule has 1 fully saturated rings. The topological polar surface area (TPSA) is 77.5 Å². The van der Waals surface area contributed by atoms with Gasteiger partial charge in [0, 0.05) is 31.4 Å². The van der Waals surface area contributed by atoms with Crippen LogP contribution in [0.25, 0.3) is 16.7 Å². The Morgan fingerprint density at radius 1 is 1.06 bits per heavy atom. The van der Waals surface area contributed by atoms with Crippen LogP contribution in [0.3, 0.4) is 0 Å². The summed E-state index contributed by atoms with van der Waals surface area (Å²) < 4.78 is 8.81. The van der Waals surface area contributed by atoms with Crippen LogP contribution < -0.4 is 5.69 Å². The summed E-state index contributed by atoms with van der Waals surface area (Å²) in [6.07, 6.45) is 9.09. The van der Waals surface area contributed by atoms with E-state index in [1.165, 1.54) is 10.8 Å². The molecule has 32 heavy (non-hydrogen) atoms. The SMILES string of the molecule is C#Cc1ccc(Cn2c(=O)n3ncnc3c3cc(CN4CC(C)OC(C)C4)cnc32)cc1. The van der Waals surface area contributed by atoms with Crippen molar-refractivity contribution in [2.24, 2.45) is 0 Å². The van der Waals surface area contributed by atoms with Gasteiger partial charge < -0.3 is 4.74 Å². The molecule has 0 aliphatic carbocycles. The predicted octanol–water partition coefficient (Wildman–Crippen LogP) is 2.08. The van der Waals surface area contributed by atoms with Crippen LogP contribution in [0, 0.1) is 12.3 Å². The zero-order valence-corrected chi connectivity index (χ0v) is 18.1. The molecule has 3 aromatic heterocycles. The fraction of sp³-hybridized carbons (Fsp3) is 0.333. The van der Waals surface area contributed by atoms with Gasteiger partial charge in [-0.1, -0.05) is 18.1 Å². The zero-order chi connectivity index (χ0) is 22.2. The van der Waals surface area contributed by atoms with Gasteiger partial charge in [0.15, 0.2) is 5.65 Å². The number of terminal acetylenes is 1. The van der Waals surface area contributed by atoms with E-state index in [0.717, 1.165) is 41.7 Å². The third-order valence-corrected chi connectivity index (χ3v) is 5.74. The van der Waals surface area contributed by atoms with Crippen LogP contribution in [0.1, 0.15) is 30.5 Å². The van der Waals surface area contributed by atoms with Crippen molar-refractivity contribution in [1.29, 1.82) is 0 Å². The van der Waals surface area contributed by atoms with E-state index in [1.807, 2.05) is 30.5 Å². The lowest BCUT2D eigenvalue weighted by atomic mass is 10.1. The second-order valence-electron chi connectivity index (χ2n) is 8.37. The summed E-state index contributed by atoms with van der Waals surface area (Å²) in [6, 6.07) is 9.65. The summed E-state index contributed by atoms with van der Waals surface area (Å²) in [7, 11) is 0. The van der Waals surface area contributed by atoms with Crippen molar-refractivity contribution in [3.05, 3.63) is 70.0 Å². The van der Waals surface area contributed by atoms with E-state index >= 15 is 0 Å². The average molecular weight is 428 g/mol. The molecule has 162 valence electrons. The molecule has 2 unspecified atom stereocenters. The smallest absolute Gasteiger partial charge is 0.352 e. The van der Waals surface area contributed by atoms with Gasteiger partial charge >= 0.3 is 5.69 Å². The fourth-order valence-corrected chi connectivity index (χ4v) is 4.44. The predicted molar refractivity (Wildman–Crippen MR) is 121 cm³/mol. The Bertz CT molecular complexity index is 1370. The number of aromatic nitrogens is 5. The molecule has 1 saturated heterocycles. The van der Waals surface area contributed by atoms with E-state index in [2.05, 4.69) is 40.8 Å². The number of pyridine rings is 1. The highest BCUT2D eigenvalue weighted by molar-refractivity contribution is 5.89. The molecule has 0 amide bonds. The maximum atomic E-state index is 13.1. The zero-order valence-electron chi connectivity index (χ0n) is 18.1. The Morgan fingerprint density at radius 3 is 2.53 bits per heavy atom. The Morgan fingerprint density at radius 2 is 1.81 bits per heavy atom. The number of nitrogens with zero attached hydrogens (tertiary/aromatic N) is 6. The summed E-state index contributed by atoms with van der Waals surface area (Å²) in [5.74, 6) is 2.61. The minimum atomic E-state index is -0.276. The van der Waals surface area contributed by atoms with Gasteiger partial charge in [-0.05, 0) is 43.2 Å². The van der Waals surface area contributed by atoms with Crippen molar-refractivity contribution in [2.75, 3.05) is 13.1 Å². The normalized spacial score (nSPS) is 19.4. The van der Waals surface area contributed by atoms with Crippen molar-refractivity contribution in [2.45, 2.75) is 39.1 Å². The third-order valence-electron chi connectivity index (χ3n) is 5.74. The molecule has 8 heteroatoms. The number of morpholine rings is 1. The largest absolute Gasteiger partial charge is 0.373 e. The lowest BCUT2D eigenvalue weighted by molar-refractivity contribution is -0.0705. The molecule has 0 spiro atoms. The number of fused-ring (bicyclic) bond motifs is 3. The summed E-state index contributed by atoms with van der Waals surface area (Å²) in [4.78, 5) is 24.5. The average Bonchev–Trinajstić information content (AvgIpc) is 3.27. The van der Waals surface area contributed by atoms with Crippen LogP contribution in [0.4, 0.5) is 0 Å². The number of hydrogen-bond acceptors (Lipinski definition) is 6. The molecular weight excluding hydrogens is 404 g/mol. The number of ether oxygens (including phenoxy) is 1. The molecule has 5 rings (SSSR count). The monoisotopic (exact) mass is 428 g/mol. The summed E-state index contributed by atoms with van der Waals surface area (Å²) in [6.45, 7) is 7.05. The van der Waals surface area contributed by atoms with Crippen molar-refractivity contribution in [3.8, 4) is 12.3 Å². The van der Waals surface area contributed by atoms with Crippen LogP contribution in [0.2, 0.25) is 0 Å². The maximum absolute atomic E-state index is 13.1. The van der Waals surface area contributed by atoms with Crippen LogP contribution >= 0.6 is 0 Å². The lowest BCUT2D eigenvalue weighted by Gasteiger charge is -2.35. The number of hydrogen-bond donors (Lipinski definition) is 0. The van der Waals surface area contributed by atoms with Gasteiger partial charge in [-0.15, -0.1) is 6.42 Å². The van der Waals surface area contributed by atoms with E-state index in [0.29, 0.717) is 17.8 Å². The first-order chi connectivity index (χ1) is 15.5. The first-order valence-electron chi connectivity index (χ1n) is 10.7. The molecule has 4 aromatic rings. The highest BCUT2D eigenvalue weighted by Gasteiger charge is 2.23. The minimum absolute atomic E-state index is 0.196. The van der Waals surface area contributed by atoms with Crippen molar-refractivity contribution < 1.29 is 4.74 Å². The minimum Gasteiger partial charge on any atom is -0.373 e. The van der Waals surface area contributed by atoms with Crippen LogP contribution in [-0.2, 0) is 17.8 Å². The number of benzene rings is 1. The molecular formula is C24H24N6O2. The second kappa shape index (κ2) is 8.19. The van der Waals surface area contributed by atoms with E-state index < -0.39 is 0 Å². The Balaban J connectivity index is 1.56. The summed E-state index contributed by atoms with van der Waals surface area (Å²) >= 11 is 0. The van der Waals surface area contributed by atoms with Crippen LogP contribution in [0.15, 0.2) is 47.7 Å². The van der Waals surface area contributed by atoms with Gasteiger partial charge in [-0.2, -0.15) is 9.61 Å². The first-order valence-corrected chi connectivity index (χ1v) is 10.7. The summed E-state index contributed by atoms with van der Waals surface area (Å²) in [5.41, 5.74) is 3.64. The van der Waals surface area contributed by atoms with Gasteiger partial charge in [0.1, 0.15) is 12.0 Å². The van der Waals surface area contributed by atoms with E-state index in [1.54, 1.807) is 4.57 Å². The Labute approximate surface area is 185 Å². The Kier molecular flexibility index (Phi) is 5.21. The standard InChI is InChI=1S/C24H24N6O2/c1-4-18-5-7-19(8-6-18)14-29-22-21(23-26-15-27-30(23)24(29)31)9-20(10-25-22)13-28-11-16(2)32-17(3)12-28/h1,5-10,15-17H,11-14H2,2-3H3. The van der Waals surface area contributed by atoms with Gasteiger partial charge in [0.05, 0.1) is 24.1 Å². The molecule has 0 N–H and O–H groups in total. The number of rotatable bonds is 4. The van der Waals surface area contributed by atoms with Gasteiger partial charge in [0.25, 0.3) is 0 Å². The van der Waals surface area contributed by atoms with Crippen molar-refractivity contribution in [3.63, 3.8) is 0 Å². The van der Waals surface area contributed by atoms with E-state index in [-0.39, 0.29) is 17.9 Å².